The van der Waals surface area contributed by atoms with E-state index in [9.17, 15) is 13.2 Å². The molecule has 33 heavy (non-hydrogen) atoms. The number of allylic oxidation sites excluding steroid dienone is 1. The number of esters is 1. The van der Waals surface area contributed by atoms with Gasteiger partial charge in [0, 0.05) is 6.10 Å². The van der Waals surface area contributed by atoms with Gasteiger partial charge < -0.3 is 9.16 Å². The van der Waals surface area contributed by atoms with Crippen LogP contribution in [0.2, 0.25) is 18.1 Å². The number of rotatable bonds is 9. The summed E-state index contributed by atoms with van der Waals surface area (Å²) in [4.78, 5) is 12.9. The highest BCUT2D eigenvalue weighted by molar-refractivity contribution is 7.92. The van der Waals surface area contributed by atoms with Crippen molar-refractivity contribution in [2.75, 3.05) is 5.75 Å². The van der Waals surface area contributed by atoms with Crippen molar-refractivity contribution in [3.8, 4) is 0 Å². The molecule has 3 rings (SSSR count). The number of fused-ring (bicyclic) bond motifs is 1. The lowest BCUT2D eigenvalue weighted by atomic mass is 9.66. The van der Waals surface area contributed by atoms with Crippen molar-refractivity contribution in [1.29, 1.82) is 0 Å². The molecule has 0 amide bonds. The molecule has 7 heteroatoms. The van der Waals surface area contributed by atoms with Crippen molar-refractivity contribution in [2.24, 2.45) is 11.3 Å². The minimum Gasteiger partial charge on any atom is -0.457 e. The second kappa shape index (κ2) is 10.4. The molecular weight excluding hydrogens is 452 g/mol. The summed E-state index contributed by atoms with van der Waals surface area (Å²) in [7, 11) is -5.48. The van der Waals surface area contributed by atoms with Crippen LogP contribution in [0.3, 0.4) is 0 Å². The van der Waals surface area contributed by atoms with Gasteiger partial charge in [0.05, 0.1) is 4.90 Å². The number of ether oxygens (including phenoxy) is 1. The van der Waals surface area contributed by atoms with Gasteiger partial charge in [0.15, 0.2) is 23.9 Å². The van der Waals surface area contributed by atoms with E-state index in [4.69, 9.17) is 9.16 Å². The van der Waals surface area contributed by atoms with Crippen LogP contribution >= 0.6 is 0 Å². The van der Waals surface area contributed by atoms with Gasteiger partial charge in [0.2, 0.25) is 0 Å². The molecule has 0 radical (unpaired) electrons. The number of carbonyl (C=O) groups is 1. The first kappa shape index (κ1) is 26.2. The molecule has 1 aromatic rings. The minimum absolute atomic E-state index is 0.0731. The molecule has 2 fully saturated rings. The van der Waals surface area contributed by atoms with E-state index >= 15 is 0 Å². The molecule has 0 bridgehead atoms. The fraction of sp³-hybridized carbons (Fsp3) is 0.654. The van der Waals surface area contributed by atoms with Crippen LogP contribution in [0, 0.1) is 11.3 Å². The summed E-state index contributed by atoms with van der Waals surface area (Å²) in [6, 6.07) is 11.4. The maximum atomic E-state index is 12.8. The normalized spacial score (nSPS) is 29.1. The summed E-state index contributed by atoms with van der Waals surface area (Å²) in [5, 5.41) is 0. The average Bonchev–Trinajstić information content (AvgIpc) is 3.09. The van der Waals surface area contributed by atoms with Crippen molar-refractivity contribution in [3.05, 3.63) is 42.0 Å². The molecule has 0 spiro atoms. The summed E-state index contributed by atoms with van der Waals surface area (Å²) in [5.74, 6) is -1.02. The molecule has 2 aliphatic carbocycles. The SMILES string of the molecule is C/C=C1\[C@H](OC(=O)CS(=O)(=O)c2ccccc2)C[C@H]2[C@@H](O[Si](CC)(CC)CC)CCC[C@]12C. The van der Waals surface area contributed by atoms with E-state index in [-0.39, 0.29) is 28.4 Å². The molecule has 1 aromatic carbocycles. The number of hydrogen-bond acceptors (Lipinski definition) is 5. The molecule has 5 nitrogen and oxygen atoms in total. The zero-order valence-electron chi connectivity index (χ0n) is 20.8. The fourth-order valence-electron chi connectivity index (χ4n) is 6.11. The lowest BCUT2D eigenvalue weighted by molar-refractivity contribution is -0.144. The first-order chi connectivity index (χ1) is 15.6. The molecule has 0 N–H and O–H groups in total. The Balaban J connectivity index is 1.77. The Bertz CT molecular complexity index is 946. The Hall–Kier alpha value is -1.44. The van der Waals surface area contributed by atoms with Crippen LogP contribution in [0.25, 0.3) is 0 Å². The highest BCUT2D eigenvalue weighted by Gasteiger charge is 2.55. The zero-order valence-corrected chi connectivity index (χ0v) is 22.6. The summed E-state index contributed by atoms with van der Waals surface area (Å²) < 4.78 is 38.1. The summed E-state index contributed by atoms with van der Waals surface area (Å²) in [6.07, 6.45) is 5.78. The van der Waals surface area contributed by atoms with Gasteiger partial charge >= 0.3 is 5.97 Å². The Morgan fingerprint density at radius 2 is 1.79 bits per heavy atom. The van der Waals surface area contributed by atoms with Crippen molar-refractivity contribution >= 4 is 24.1 Å². The summed E-state index contributed by atoms with van der Waals surface area (Å²) in [5.41, 5.74) is 1.05. The smallest absolute Gasteiger partial charge is 0.322 e. The van der Waals surface area contributed by atoms with Crippen LogP contribution in [0.15, 0.2) is 46.9 Å². The van der Waals surface area contributed by atoms with Crippen molar-refractivity contribution < 1.29 is 22.4 Å². The van der Waals surface area contributed by atoms with E-state index in [2.05, 4.69) is 33.8 Å². The van der Waals surface area contributed by atoms with E-state index in [0.29, 0.717) is 6.42 Å². The van der Waals surface area contributed by atoms with Gasteiger partial charge in [0.25, 0.3) is 0 Å². The van der Waals surface area contributed by atoms with Crippen LogP contribution in [0.4, 0.5) is 0 Å². The lowest BCUT2D eigenvalue weighted by Gasteiger charge is -2.45. The molecule has 0 saturated heterocycles. The van der Waals surface area contributed by atoms with E-state index in [1.54, 1.807) is 18.2 Å². The standard InChI is InChI=1S/C26H40O5SSi/c1-6-21-24(30-25(27)19-32(28,29)20-14-11-10-12-15-20)18-22-23(16-13-17-26(21,22)5)31-33(7-2,8-3)9-4/h6,10-12,14-15,22-24H,7-9,13,16-19H2,1-5H3/b21-6+/t22-,23-,24+,26+/m0/s1. The highest BCUT2D eigenvalue weighted by Crippen LogP contribution is 2.57. The molecule has 2 saturated carbocycles. The summed E-state index contributed by atoms with van der Waals surface area (Å²) >= 11 is 0. The van der Waals surface area contributed by atoms with E-state index < -0.39 is 29.9 Å². The fourth-order valence-corrected chi connectivity index (χ4v) is 10.2. The molecular formula is C26H40O5SSi. The first-order valence-corrected chi connectivity index (χ1v) is 16.6. The monoisotopic (exact) mass is 492 g/mol. The molecule has 0 aliphatic heterocycles. The quantitative estimate of drug-likeness (QED) is 0.243. The predicted octanol–water partition coefficient (Wildman–Crippen LogP) is 5.92. The second-order valence-electron chi connectivity index (χ2n) is 9.85. The zero-order chi connectivity index (χ0) is 24.3. The number of carbonyl (C=O) groups excluding carboxylic acids is 1. The van der Waals surface area contributed by atoms with E-state index in [1.807, 2.05) is 6.92 Å². The van der Waals surface area contributed by atoms with Gasteiger partial charge in [-0.05, 0) is 73.4 Å². The average molecular weight is 493 g/mol. The van der Waals surface area contributed by atoms with Crippen LogP contribution in [-0.2, 0) is 23.8 Å². The van der Waals surface area contributed by atoms with Gasteiger partial charge in [-0.2, -0.15) is 0 Å². The molecule has 4 atom stereocenters. The topological polar surface area (TPSA) is 69.7 Å². The number of sulfone groups is 1. The van der Waals surface area contributed by atoms with Crippen molar-refractivity contribution in [3.63, 3.8) is 0 Å². The summed E-state index contributed by atoms with van der Waals surface area (Å²) in [6.45, 7) is 11.0. The first-order valence-electron chi connectivity index (χ1n) is 12.5. The maximum Gasteiger partial charge on any atom is 0.322 e. The minimum atomic E-state index is -3.72. The van der Waals surface area contributed by atoms with Gasteiger partial charge in [-0.15, -0.1) is 0 Å². The van der Waals surface area contributed by atoms with Crippen LogP contribution in [0.5, 0.6) is 0 Å². The molecule has 0 unspecified atom stereocenters. The predicted molar refractivity (Wildman–Crippen MR) is 134 cm³/mol. The Morgan fingerprint density at radius 1 is 1.15 bits per heavy atom. The number of hydrogen-bond donors (Lipinski definition) is 0. The van der Waals surface area contributed by atoms with E-state index in [1.165, 1.54) is 12.1 Å². The van der Waals surface area contributed by atoms with Crippen LogP contribution in [-0.4, -0.2) is 40.7 Å². The highest BCUT2D eigenvalue weighted by atomic mass is 32.2. The van der Waals surface area contributed by atoms with Gasteiger partial charge in [0.1, 0.15) is 6.10 Å². The van der Waals surface area contributed by atoms with Crippen molar-refractivity contribution in [2.45, 2.75) is 95.5 Å². The molecule has 2 aliphatic rings. The molecule has 0 aromatic heterocycles. The van der Waals surface area contributed by atoms with Crippen LogP contribution in [0.1, 0.15) is 60.3 Å². The van der Waals surface area contributed by atoms with Gasteiger partial charge in [-0.1, -0.05) is 58.4 Å². The molecule has 184 valence electrons. The Labute approximate surface area is 201 Å². The third-order valence-corrected chi connectivity index (χ3v) is 14.5. The lowest BCUT2D eigenvalue weighted by Crippen LogP contribution is -2.47. The third-order valence-electron chi connectivity index (χ3n) is 8.26. The van der Waals surface area contributed by atoms with Gasteiger partial charge in [-0.3, -0.25) is 4.79 Å². The largest absolute Gasteiger partial charge is 0.457 e. The number of benzene rings is 1. The van der Waals surface area contributed by atoms with E-state index in [0.717, 1.165) is 43.0 Å². The second-order valence-corrected chi connectivity index (χ2v) is 16.6. The third kappa shape index (κ3) is 5.30. The Kier molecular flexibility index (Phi) is 8.28. The van der Waals surface area contributed by atoms with Crippen LogP contribution < -0.4 is 0 Å². The Morgan fingerprint density at radius 3 is 2.36 bits per heavy atom. The van der Waals surface area contributed by atoms with Crippen molar-refractivity contribution in [1.82, 2.24) is 0 Å². The van der Waals surface area contributed by atoms with Gasteiger partial charge in [-0.25, -0.2) is 8.42 Å². The maximum absolute atomic E-state index is 12.8. The molecule has 0 heterocycles.